The molecule has 0 fully saturated rings. The predicted molar refractivity (Wildman–Crippen MR) is 52.8 cm³/mol. The average molecular weight is 212 g/mol. The molecule has 2 heterocycles. The molecule has 6 heteroatoms. The molecule has 0 unspecified atom stereocenters. The smallest absolute Gasteiger partial charge is 0.348 e. The minimum Gasteiger partial charge on any atom is -0.465 e. The molecule has 0 atom stereocenters. The topological polar surface area (TPSA) is 67.4 Å². The lowest BCUT2D eigenvalue weighted by molar-refractivity contribution is -0.114. The van der Waals surface area contributed by atoms with Gasteiger partial charge in [-0.1, -0.05) is 0 Å². The van der Waals surface area contributed by atoms with Crippen LogP contribution in [0.2, 0.25) is 0 Å². The highest BCUT2D eigenvalue weighted by Crippen LogP contribution is 2.34. The van der Waals surface area contributed by atoms with E-state index in [0.29, 0.717) is 10.6 Å². The Morgan fingerprint density at radius 1 is 1.64 bits per heavy atom. The third kappa shape index (κ3) is 1.44. The van der Waals surface area contributed by atoms with Crippen molar-refractivity contribution in [1.29, 1.82) is 0 Å². The fourth-order valence-electron chi connectivity index (χ4n) is 1.17. The molecule has 1 aliphatic rings. The number of amides is 1. The van der Waals surface area contributed by atoms with Gasteiger partial charge >= 0.3 is 5.97 Å². The summed E-state index contributed by atoms with van der Waals surface area (Å²) in [6.45, 7) is 0.244. The Bertz CT molecular complexity index is 399. The molecule has 2 rings (SSSR count). The number of nitrogens with one attached hydrogen (secondary N) is 2. The van der Waals surface area contributed by atoms with E-state index in [1.807, 2.05) is 0 Å². The maximum atomic E-state index is 11.2. The lowest BCUT2D eigenvalue weighted by atomic mass is 10.3. The van der Waals surface area contributed by atoms with Crippen molar-refractivity contribution in [3.05, 3.63) is 10.9 Å². The van der Waals surface area contributed by atoms with E-state index in [4.69, 9.17) is 0 Å². The minimum absolute atomic E-state index is 0.105. The van der Waals surface area contributed by atoms with Crippen LogP contribution in [0.15, 0.2) is 6.07 Å². The third-order valence-electron chi connectivity index (χ3n) is 1.80. The van der Waals surface area contributed by atoms with Gasteiger partial charge in [0.1, 0.15) is 9.88 Å². The van der Waals surface area contributed by atoms with Crippen molar-refractivity contribution in [3.63, 3.8) is 0 Å². The SMILES string of the molecule is COC(=O)c1cc2c(s1)NCC(=O)N2. The maximum Gasteiger partial charge on any atom is 0.348 e. The number of ether oxygens (including phenoxy) is 1. The van der Waals surface area contributed by atoms with E-state index in [2.05, 4.69) is 15.4 Å². The number of fused-ring (bicyclic) bond motifs is 1. The summed E-state index contributed by atoms with van der Waals surface area (Å²) in [6.07, 6.45) is 0. The van der Waals surface area contributed by atoms with Crippen molar-refractivity contribution >= 4 is 33.9 Å². The molecule has 0 saturated heterocycles. The first-order valence-electron chi connectivity index (χ1n) is 3.96. The first-order chi connectivity index (χ1) is 6.70. The normalized spacial score (nSPS) is 13.9. The molecule has 2 N–H and O–H groups in total. The van der Waals surface area contributed by atoms with Crippen LogP contribution in [0, 0.1) is 0 Å². The third-order valence-corrected chi connectivity index (χ3v) is 2.88. The molecule has 14 heavy (non-hydrogen) atoms. The fourth-order valence-corrected chi connectivity index (χ4v) is 2.10. The van der Waals surface area contributed by atoms with E-state index in [0.717, 1.165) is 5.00 Å². The number of rotatable bonds is 1. The van der Waals surface area contributed by atoms with E-state index < -0.39 is 0 Å². The van der Waals surface area contributed by atoms with Crippen LogP contribution in [0.25, 0.3) is 0 Å². The number of anilines is 2. The quantitative estimate of drug-likeness (QED) is 0.679. The second-order valence-electron chi connectivity index (χ2n) is 2.75. The summed E-state index contributed by atoms with van der Waals surface area (Å²) in [6, 6.07) is 1.61. The predicted octanol–water partition coefficient (Wildman–Crippen LogP) is 0.899. The summed E-state index contributed by atoms with van der Waals surface area (Å²) in [5.74, 6) is -0.493. The van der Waals surface area contributed by atoms with Crippen LogP contribution in [0.4, 0.5) is 10.7 Å². The zero-order chi connectivity index (χ0) is 10.1. The molecule has 0 radical (unpaired) electrons. The summed E-state index contributed by atoms with van der Waals surface area (Å²) < 4.78 is 4.57. The van der Waals surface area contributed by atoms with Crippen LogP contribution < -0.4 is 10.6 Å². The van der Waals surface area contributed by atoms with Crippen LogP contribution in [0.1, 0.15) is 9.67 Å². The molecule has 1 aliphatic heterocycles. The molecule has 74 valence electrons. The highest BCUT2D eigenvalue weighted by molar-refractivity contribution is 7.18. The molecule has 0 saturated carbocycles. The van der Waals surface area contributed by atoms with Crippen LogP contribution in [-0.4, -0.2) is 25.5 Å². The lowest BCUT2D eigenvalue weighted by Gasteiger charge is -2.13. The van der Waals surface area contributed by atoms with Crippen molar-refractivity contribution in [2.45, 2.75) is 0 Å². The molecular formula is C8H8N2O3S. The maximum absolute atomic E-state index is 11.2. The number of hydrogen-bond donors (Lipinski definition) is 2. The molecule has 5 nitrogen and oxygen atoms in total. The number of thiophene rings is 1. The summed E-state index contributed by atoms with van der Waals surface area (Å²) in [5, 5.41) is 6.37. The van der Waals surface area contributed by atoms with Crippen LogP contribution in [0.5, 0.6) is 0 Å². The van der Waals surface area contributed by atoms with E-state index >= 15 is 0 Å². The van der Waals surface area contributed by atoms with Gasteiger partial charge in [-0.25, -0.2) is 4.79 Å². The number of esters is 1. The second kappa shape index (κ2) is 3.30. The van der Waals surface area contributed by atoms with Gasteiger partial charge < -0.3 is 15.4 Å². The fraction of sp³-hybridized carbons (Fsp3) is 0.250. The molecule has 1 aromatic heterocycles. The molecule has 0 aliphatic carbocycles. The Morgan fingerprint density at radius 2 is 2.43 bits per heavy atom. The van der Waals surface area contributed by atoms with Gasteiger partial charge in [-0.3, -0.25) is 4.79 Å². The summed E-state index contributed by atoms with van der Waals surface area (Å²) in [7, 11) is 1.33. The summed E-state index contributed by atoms with van der Waals surface area (Å²) in [5.41, 5.74) is 0.645. The van der Waals surface area contributed by atoms with Gasteiger partial charge in [-0.2, -0.15) is 0 Å². The van der Waals surface area contributed by atoms with Crippen LogP contribution >= 0.6 is 11.3 Å². The van der Waals surface area contributed by atoms with E-state index in [1.165, 1.54) is 18.4 Å². The lowest BCUT2D eigenvalue weighted by Crippen LogP contribution is -2.26. The van der Waals surface area contributed by atoms with Crippen molar-refractivity contribution in [3.8, 4) is 0 Å². The molecule has 0 bridgehead atoms. The van der Waals surface area contributed by atoms with Crippen molar-refractivity contribution in [2.24, 2.45) is 0 Å². The van der Waals surface area contributed by atoms with E-state index in [-0.39, 0.29) is 18.4 Å². The number of methoxy groups -OCH3 is 1. The van der Waals surface area contributed by atoms with Gasteiger partial charge in [0.15, 0.2) is 0 Å². The van der Waals surface area contributed by atoms with E-state index in [9.17, 15) is 9.59 Å². The standard InChI is InChI=1S/C8H8N2O3S/c1-13-8(12)5-2-4-7(14-5)9-3-6(11)10-4/h2,9H,3H2,1H3,(H,10,11). The van der Waals surface area contributed by atoms with Gasteiger partial charge in [0, 0.05) is 0 Å². The highest BCUT2D eigenvalue weighted by Gasteiger charge is 2.20. The Kier molecular flexibility index (Phi) is 2.12. The Labute approximate surface area is 84.1 Å². The van der Waals surface area contributed by atoms with Crippen molar-refractivity contribution in [2.75, 3.05) is 24.3 Å². The minimum atomic E-state index is -0.388. The van der Waals surface area contributed by atoms with Gasteiger partial charge in [0.2, 0.25) is 5.91 Å². The van der Waals surface area contributed by atoms with Crippen LogP contribution in [0.3, 0.4) is 0 Å². The zero-order valence-corrected chi connectivity index (χ0v) is 8.23. The van der Waals surface area contributed by atoms with Gasteiger partial charge in [-0.05, 0) is 6.07 Å². The Morgan fingerprint density at radius 3 is 3.14 bits per heavy atom. The average Bonchev–Trinajstić information content (AvgIpc) is 2.59. The zero-order valence-electron chi connectivity index (χ0n) is 7.42. The molecule has 1 amide bonds. The number of carbonyl (C=O) groups excluding carboxylic acids is 2. The van der Waals surface area contributed by atoms with Gasteiger partial charge in [-0.15, -0.1) is 11.3 Å². The first-order valence-corrected chi connectivity index (χ1v) is 4.78. The number of hydrogen-bond acceptors (Lipinski definition) is 5. The highest BCUT2D eigenvalue weighted by atomic mass is 32.1. The molecule has 0 spiro atoms. The van der Waals surface area contributed by atoms with Gasteiger partial charge in [0.25, 0.3) is 0 Å². The molecule has 0 aromatic carbocycles. The molecule has 1 aromatic rings. The second-order valence-corrected chi connectivity index (χ2v) is 3.80. The summed E-state index contributed by atoms with van der Waals surface area (Å²) in [4.78, 5) is 22.6. The van der Waals surface area contributed by atoms with Crippen molar-refractivity contribution in [1.82, 2.24) is 0 Å². The van der Waals surface area contributed by atoms with Gasteiger partial charge in [0.05, 0.1) is 19.3 Å². The monoisotopic (exact) mass is 212 g/mol. The Balaban J connectivity index is 2.32. The van der Waals surface area contributed by atoms with E-state index in [1.54, 1.807) is 6.07 Å². The number of carbonyl (C=O) groups is 2. The van der Waals surface area contributed by atoms with Crippen LogP contribution in [-0.2, 0) is 9.53 Å². The first kappa shape index (κ1) is 9.01. The Hall–Kier alpha value is -1.56. The van der Waals surface area contributed by atoms with Crippen molar-refractivity contribution < 1.29 is 14.3 Å². The largest absolute Gasteiger partial charge is 0.465 e. The summed E-state index contributed by atoms with van der Waals surface area (Å²) >= 11 is 1.27. The molecular weight excluding hydrogens is 204 g/mol.